The van der Waals surface area contributed by atoms with Crippen LogP contribution in [0.2, 0.25) is 0 Å². The second kappa shape index (κ2) is 5.74. The zero-order chi connectivity index (χ0) is 17.7. The third kappa shape index (κ3) is 2.24. The molecule has 0 N–H and O–H groups in total. The standard InChI is InChI=1S/C25H20O/c1-16-7-3-5-9-21(16)24-17(2)11-12-18-13-20(14-23(18)24)25-22-10-6-4-8-19(22)15-26-25/h3-12,14-15H,13H2,1-2H3. The van der Waals surface area contributed by atoms with Crippen LogP contribution in [0, 0.1) is 13.8 Å². The molecule has 4 aromatic rings. The van der Waals surface area contributed by atoms with E-state index >= 15 is 0 Å². The van der Waals surface area contributed by atoms with Crippen molar-refractivity contribution >= 4 is 22.4 Å². The molecule has 0 amide bonds. The Labute approximate surface area is 153 Å². The Hall–Kier alpha value is -3.06. The SMILES string of the molecule is Cc1ccccc1-c1c(C)ccc2c1C=C(c1occ3ccccc13)C2. The largest absolute Gasteiger partial charge is 0.463 e. The molecule has 0 fully saturated rings. The van der Waals surface area contributed by atoms with E-state index in [1.165, 1.54) is 44.3 Å². The van der Waals surface area contributed by atoms with E-state index < -0.39 is 0 Å². The predicted octanol–water partition coefficient (Wildman–Crippen LogP) is 6.81. The Kier molecular flexibility index (Phi) is 3.36. The van der Waals surface area contributed by atoms with Crippen molar-refractivity contribution in [3.05, 3.63) is 94.9 Å². The van der Waals surface area contributed by atoms with Crippen LogP contribution in [0.4, 0.5) is 0 Å². The third-order valence-corrected chi connectivity index (χ3v) is 5.46. The average molecular weight is 336 g/mol. The van der Waals surface area contributed by atoms with Crippen LogP contribution < -0.4 is 0 Å². The molecule has 1 aliphatic carbocycles. The monoisotopic (exact) mass is 336 g/mol. The summed E-state index contributed by atoms with van der Waals surface area (Å²) in [5.74, 6) is 1.00. The molecule has 0 aliphatic heterocycles. The van der Waals surface area contributed by atoms with E-state index in [0.29, 0.717) is 0 Å². The number of furan rings is 1. The van der Waals surface area contributed by atoms with Crippen LogP contribution in [0.1, 0.15) is 28.0 Å². The van der Waals surface area contributed by atoms with E-state index in [2.05, 4.69) is 80.6 Å². The molecule has 0 spiro atoms. The minimum Gasteiger partial charge on any atom is -0.463 e. The van der Waals surface area contributed by atoms with Gasteiger partial charge in [0.05, 0.1) is 6.26 Å². The maximum absolute atomic E-state index is 5.96. The zero-order valence-electron chi connectivity index (χ0n) is 15.0. The molecule has 0 saturated carbocycles. The van der Waals surface area contributed by atoms with Gasteiger partial charge >= 0.3 is 0 Å². The second-order valence-corrected chi connectivity index (χ2v) is 7.14. The van der Waals surface area contributed by atoms with Crippen LogP contribution in [-0.4, -0.2) is 0 Å². The molecule has 5 rings (SSSR count). The average Bonchev–Trinajstić information content (AvgIpc) is 3.26. The van der Waals surface area contributed by atoms with Crippen molar-refractivity contribution in [2.24, 2.45) is 0 Å². The molecule has 1 aromatic heterocycles. The Bertz CT molecular complexity index is 1170. The Morgan fingerprint density at radius 1 is 0.808 bits per heavy atom. The molecule has 0 atom stereocenters. The van der Waals surface area contributed by atoms with Gasteiger partial charge in [0.1, 0.15) is 5.76 Å². The lowest BCUT2D eigenvalue weighted by Crippen LogP contribution is -1.93. The number of aryl methyl sites for hydroxylation is 2. The van der Waals surface area contributed by atoms with Crippen LogP contribution in [-0.2, 0) is 6.42 Å². The molecule has 0 bridgehead atoms. The van der Waals surface area contributed by atoms with Crippen LogP contribution >= 0.6 is 0 Å². The second-order valence-electron chi connectivity index (χ2n) is 7.14. The lowest BCUT2D eigenvalue weighted by molar-refractivity contribution is 0.557. The van der Waals surface area contributed by atoms with Gasteiger partial charge in [-0.3, -0.25) is 0 Å². The zero-order valence-corrected chi connectivity index (χ0v) is 15.0. The van der Waals surface area contributed by atoms with Crippen LogP contribution in [0.25, 0.3) is 33.5 Å². The van der Waals surface area contributed by atoms with Gasteiger partial charge in [0, 0.05) is 22.8 Å². The summed E-state index contributed by atoms with van der Waals surface area (Å²) >= 11 is 0. The van der Waals surface area contributed by atoms with Gasteiger partial charge in [0.25, 0.3) is 0 Å². The molecule has 1 aliphatic rings. The normalized spacial score (nSPS) is 13.1. The number of allylic oxidation sites excluding steroid dienone is 1. The van der Waals surface area contributed by atoms with E-state index in [-0.39, 0.29) is 0 Å². The summed E-state index contributed by atoms with van der Waals surface area (Å²) in [6.07, 6.45) is 5.11. The fraction of sp³-hybridized carbons (Fsp3) is 0.120. The first-order valence-corrected chi connectivity index (χ1v) is 9.08. The van der Waals surface area contributed by atoms with E-state index in [1.807, 2.05) is 6.26 Å². The first-order valence-electron chi connectivity index (χ1n) is 9.08. The smallest absolute Gasteiger partial charge is 0.138 e. The van der Waals surface area contributed by atoms with Gasteiger partial charge in [-0.25, -0.2) is 0 Å². The third-order valence-electron chi connectivity index (χ3n) is 5.46. The molecule has 0 radical (unpaired) electrons. The lowest BCUT2D eigenvalue weighted by Gasteiger charge is -2.14. The molecule has 1 heteroatoms. The van der Waals surface area contributed by atoms with Gasteiger partial charge in [-0.1, -0.05) is 60.7 Å². The number of benzene rings is 3. The number of fused-ring (bicyclic) bond motifs is 2. The van der Waals surface area contributed by atoms with Gasteiger partial charge in [-0.2, -0.15) is 0 Å². The van der Waals surface area contributed by atoms with Crippen molar-refractivity contribution in [3.63, 3.8) is 0 Å². The van der Waals surface area contributed by atoms with Crippen molar-refractivity contribution in [1.29, 1.82) is 0 Å². The quantitative estimate of drug-likeness (QED) is 0.392. The summed E-state index contributed by atoms with van der Waals surface area (Å²) in [5.41, 5.74) is 9.30. The summed E-state index contributed by atoms with van der Waals surface area (Å²) in [4.78, 5) is 0. The maximum Gasteiger partial charge on any atom is 0.138 e. The summed E-state index contributed by atoms with van der Waals surface area (Å²) in [7, 11) is 0. The van der Waals surface area contributed by atoms with Crippen LogP contribution in [0.3, 0.4) is 0 Å². The van der Waals surface area contributed by atoms with Gasteiger partial charge in [-0.15, -0.1) is 0 Å². The van der Waals surface area contributed by atoms with Crippen LogP contribution in [0.15, 0.2) is 71.3 Å². The van der Waals surface area contributed by atoms with Gasteiger partial charge in [0.2, 0.25) is 0 Å². The van der Waals surface area contributed by atoms with Crippen molar-refractivity contribution in [3.8, 4) is 11.1 Å². The fourth-order valence-electron chi connectivity index (χ4n) is 4.12. The van der Waals surface area contributed by atoms with Crippen molar-refractivity contribution in [2.45, 2.75) is 20.3 Å². The highest BCUT2D eigenvalue weighted by atomic mass is 16.3. The maximum atomic E-state index is 5.96. The molecule has 0 unspecified atom stereocenters. The molecule has 0 saturated heterocycles. The number of rotatable bonds is 2. The number of hydrogen-bond donors (Lipinski definition) is 0. The first kappa shape index (κ1) is 15.2. The van der Waals surface area contributed by atoms with E-state index in [1.54, 1.807) is 0 Å². The predicted molar refractivity (Wildman–Crippen MR) is 109 cm³/mol. The summed E-state index contributed by atoms with van der Waals surface area (Å²) < 4.78 is 5.96. The van der Waals surface area contributed by atoms with Gasteiger partial charge < -0.3 is 4.42 Å². The van der Waals surface area contributed by atoms with Crippen molar-refractivity contribution < 1.29 is 4.42 Å². The highest BCUT2D eigenvalue weighted by Crippen LogP contribution is 2.41. The van der Waals surface area contributed by atoms with E-state index in [0.717, 1.165) is 17.6 Å². The fourth-order valence-corrected chi connectivity index (χ4v) is 4.12. The molecule has 1 heterocycles. The van der Waals surface area contributed by atoms with Gasteiger partial charge in [-0.05, 0) is 53.3 Å². The highest BCUT2D eigenvalue weighted by Gasteiger charge is 2.22. The molecule has 126 valence electrons. The summed E-state index contributed by atoms with van der Waals surface area (Å²) in [6, 6.07) is 21.5. The summed E-state index contributed by atoms with van der Waals surface area (Å²) in [6.45, 7) is 4.39. The Morgan fingerprint density at radius 2 is 1.62 bits per heavy atom. The van der Waals surface area contributed by atoms with Crippen molar-refractivity contribution in [1.82, 2.24) is 0 Å². The first-order chi connectivity index (χ1) is 12.7. The van der Waals surface area contributed by atoms with Crippen molar-refractivity contribution in [2.75, 3.05) is 0 Å². The molecule has 26 heavy (non-hydrogen) atoms. The minimum atomic E-state index is 0.923. The lowest BCUT2D eigenvalue weighted by atomic mass is 9.90. The summed E-state index contributed by atoms with van der Waals surface area (Å²) in [5, 5.41) is 2.36. The Balaban J connectivity index is 1.71. The van der Waals surface area contributed by atoms with E-state index in [9.17, 15) is 0 Å². The van der Waals surface area contributed by atoms with Gasteiger partial charge in [0.15, 0.2) is 0 Å². The molecule has 1 nitrogen and oxygen atoms in total. The minimum absolute atomic E-state index is 0.923. The number of hydrogen-bond acceptors (Lipinski definition) is 1. The molecule has 3 aromatic carbocycles. The molecular formula is C25H20O. The topological polar surface area (TPSA) is 13.1 Å². The Morgan fingerprint density at radius 3 is 2.50 bits per heavy atom. The molecular weight excluding hydrogens is 316 g/mol. The van der Waals surface area contributed by atoms with E-state index in [4.69, 9.17) is 4.42 Å². The van der Waals surface area contributed by atoms with Crippen LogP contribution in [0.5, 0.6) is 0 Å². The highest BCUT2D eigenvalue weighted by molar-refractivity contribution is 6.01.